The summed E-state index contributed by atoms with van der Waals surface area (Å²) < 4.78 is 27.2. The minimum atomic E-state index is -3.75. The fourth-order valence-corrected chi connectivity index (χ4v) is 4.65. The summed E-state index contributed by atoms with van der Waals surface area (Å²) in [5.74, 6) is -0.485. The first kappa shape index (κ1) is 27.9. The highest BCUT2D eigenvalue weighted by Crippen LogP contribution is 2.22. The Morgan fingerprint density at radius 3 is 2.26 bits per heavy atom. The van der Waals surface area contributed by atoms with Crippen LogP contribution in [0.1, 0.15) is 37.5 Å². The van der Waals surface area contributed by atoms with Crippen LogP contribution in [-0.2, 0) is 26.2 Å². The topological polar surface area (TPSA) is 86.8 Å². The summed E-state index contributed by atoms with van der Waals surface area (Å²) in [6.07, 6.45) is 1.08. The van der Waals surface area contributed by atoms with E-state index in [1.54, 1.807) is 19.1 Å². The summed E-state index contributed by atoms with van der Waals surface area (Å²) >= 11 is 3.44. The lowest BCUT2D eigenvalue weighted by atomic mass is 10.1. The molecule has 0 fully saturated rings. The maximum atomic E-state index is 13.5. The molecule has 0 heterocycles. The Morgan fingerprint density at radius 2 is 1.71 bits per heavy atom. The SMILES string of the molecule is Cc1ccc(N(CC(=O)N(Cc2cccc(Br)c2)[C@H](C)C(=O)NCC(C)C)S(C)(=O)=O)cc1C. The standard InChI is InChI=1S/C25H34BrN3O4S/c1-17(2)14-27-25(31)20(5)28(15-21-8-7-9-22(26)13-21)24(30)16-29(34(6,32)33)23-11-10-18(3)19(4)12-23/h7-13,17,20H,14-16H2,1-6H3,(H,27,31)/t20-/m1/s1. The molecule has 0 saturated heterocycles. The van der Waals surface area contributed by atoms with Gasteiger partial charge in [-0.3, -0.25) is 13.9 Å². The molecule has 0 aliphatic carbocycles. The lowest BCUT2D eigenvalue weighted by molar-refractivity contribution is -0.139. The number of rotatable bonds is 10. The Bertz CT molecular complexity index is 1130. The molecule has 34 heavy (non-hydrogen) atoms. The summed E-state index contributed by atoms with van der Waals surface area (Å²) in [5.41, 5.74) is 3.18. The molecule has 2 rings (SSSR count). The maximum absolute atomic E-state index is 13.5. The van der Waals surface area contributed by atoms with Crippen LogP contribution in [0.15, 0.2) is 46.9 Å². The third-order valence-corrected chi connectivity index (χ3v) is 7.19. The van der Waals surface area contributed by atoms with Crippen molar-refractivity contribution in [2.75, 3.05) is 23.7 Å². The number of halogens is 1. The van der Waals surface area contributed by atoms with Gasteiger partial charge < -0.3 is 10.2 Å². The van der Waals surface area contributed by atoms with E-state index < -0.39 is 28.5 Å². The Morgan fingerprint density at radius 1 is 1.03 bits per heavy atom. The Balaban J connectivity index is 2.39. The molecule has 0 bridgehead atoms. The largest absolute Gasteiger partial charge is 0.354 e. The predicted octanol–water partition coefficient (Wildman–Crippen LogP) is 4.02. The average Bonchev–Trinajstić information content (AvgIpc) is 2.74. The minimum Gasteiger partial charge on any atom is -0.354 e. The maximum Gasteiger partial charge on any atom is 0.244 e. The van der Waals surface area contributed by atoms with Crippen LogP contribution in [0.25, 0.3) is 0 Å². The molecular formula is C25H34BrN3O4S. The van der Waals surface area contributed by atoms with E-state index in [2.05, 4.69) is 21.2 Å². The monoisotopic (exact) mass is 551 g/mol. The number of hydrogen-bond acceptors (Lipinski definition) is 4. The third kappa shape index (κ3) is 7.84. The number of amides is 2. The van der Waals surface area contributed by atoms with Crippen LogP contribution >= 0.6 is 15.9 Å². The first-order chi connectivity index (χ1) is 15.8. The molecule has 0 aromatic heterocycles. The van der Waals surface area contributed by atoms with E-state index in [4.69, 9.17) is 0 Å². The van der Waals surface area contributed by atoms with Crippen LogP contribution in [0.2, 0.25) is 0 Å². The van der Waals surface area contributed by atoms with Crippen molar-refractivity contribution in [2.24, 2.45) is 5.92 Å². The number of aryl methyl sites for hydroxylation is 2. The second kappa shape index (κ2) is 11.8. The minimum absolute atomic E-state index is 0.166. The van der Waals surface area contributed by atoms with E-state index in [0.29, 0.717) is 12.2 Å². The zero-order valence-corrected chi connectivity index (χ0v) is 23.0. The van der Waals surface area contributed by atoms with Gasteiger partial charge in [-0.2, -0.15) is 0 Å². The highest BCUT2D eigenvalue weighted by atomic mass is 79.9. The summed E-state index contributed by atoms with van der Waals surface area (Å²) in [4.78, 5) is 27.8. The number of nitrogens with zero attached hydrogens (tertiary/aromatic N) is 2. The molecule has 2 amide bonds. The van der Waals surface area contributed by atoms with Crippen LogP contribution in [0.5, 0.6) is 0 Å². The van der Waals surface area contributed by atoms with Crippen LogP contribution in [0.3, 0.4) is 0 Å². The van der Waals surface area contributed by atoms with Gasteiger partial charge in [-0.25, -0.2) is 8.42 Å². The molecule has 9 heteroatoms. The van der Waals surface area contributed by atoms with E-state index in [0.717, 1.165) is 31.7 Å². The summed E-state index contributed by atoms with van der Waals surface area (Å²) in [6, 6.07) is 11.9. The average molecular weight is 553 g/mol. The molecule has 1 atom stereocenters. The highest BCUT2D eigenvalue weighted by molar-refractivity contribution is 9.10. The van der Waals surface area contributed by atoms with E-state index >= 15 is 0 Å². The van der Waals surface area contributed by atoms with Gasteiger partial charge in [0.25, 0.3) is 0 Å². The highest BCUT2D eigenvalue weighted by Gasteiger charge is 2.30. The van der Waals surface area contributed by atoms with Crippen LogP contribution in [0.4, 0.5) is 5.69 Å². The number of carbonyl (C=O) groups is 2. The van der Waals surface area contributed by atoms with Crippen molar-refractivity contribution in [3.05, 3.63) is 63.6 Å². The van der Waals surface area contributed by atoms with Crippen molar-refractivity contribution in [1.82, 2.24) is 10.2 Å². The molecule has 0 unspecified atom stereocenters. The van der Waals surface area contributed by atoms with Gasteiger partial charge in [0.15, 0.2) is 0 Å². The van der Waals surface area contributed by atoms with Gasteiger partial charge in [-0.15, -0.1) is 0 Å². The van der Waals surface area contributed by atoms with Gasteiger partial charge in [-0.05, 0) is 67.6 Å². The molecule has 0 aliphatic rings. The normalized spacial score (nSPS) is 12.4. The summed E-state index contributed by atoms with van der Waals surface area (Å²) in [5, 5.41) is 2.87. The lowest BCUT2D eigenvalue weighted by Crippen LogP contribution is -2.51. The quantitative estimate of drug-likeness (QED) is 0.483. The number of nitrogens with one attached hydrogen (secondary N) is 1. The smallest absolute Gasteiger partial charge is 0.244 e. The molecule has 0 aliphatic heterocycles. The Labute approximate surface area is 211 Å². The molecular weight excluding hydrogens is 518 g/mol. The zero-order chi connectivity index (χ0) is 25.6. The van der Waals surface area contributed by atoms with Crippen LogP contribution in [0, 0.1) is 19.8 Å². The number of carbonyl (C=O) groups excluding carboxylic acids is 2. The van der Waals surface area contributed by atoms with Gasteiger partial charge in [-0.1, -0.05) is 48.0 Å². The van der Waals surface area contributed by atoms with Crippen molar-refractivity contribution >= 4 is 43.5 Å². The molecule has 0 saturated carbocycles. The van der Waals surface area contributed by atoms with Crippen LogP contribution < -0.4 is 9.62 Å². The van der Waals surface area contributed by atoms with Crippen molar-refractivity contribution in [3.8, 4) is 0 Å². The van der Waals surface area contributed by atoms with Crippen molar-refractivity contribution < 1.29 is 18.0 Å². The van der Waals surface area contributed by atoms with E-state index in [-0.39, 0.29) is 18.4 Å². The summed E-state index contributed by atoms with van der Waals surface area (Å²) in [6.45, 7) is 9.71. The van der Waals surface area contributed by atoms with Crippen molar-refractivity contribution in [1.29, 1.82) is 0 Å². The van der Waals surface area contributed by atoms with Gasteiger partial charge in [0.05, 0.1) is 11.9 Å². The fourth-order valence-electron chi connectivity index (χ4n) is 3.36. The number of hydrogen-bond donors (Lipinski definition) is 1. The molecule has 186 valence electrons. The molecule has 7 nitrogen and oxygen atoms in total. The number of benzene rings is 2. The fraction of sp³-hybridized carbons (Fsp3) is 0.440. The molecule has 0 radical (unpaired) electrons. The van der Waals surface area contributed by atoms with E-state index in [1.807, 2.05) is 58.0 Å². The van der Waals surface area contributed by atoms with Crippen LogP contribution in [-0.4, -0.2) is 50.5 Å². The second-order valence-corrected chi connectivity index (χ2v) is 11.8. The van der Waals surface area contributed by atoms with E-state index in [1.165, 1.54) is 4.90 Å². The van der Waals surface area contributed by atoms with Gasteiger partial charge in [0.1, 0.15) is 12.6 Å². The molecule has 1 N–H and O–H groups in total. The van der Waals surface area contributed by atoms with Gasteiger partial charge in [0, 0.05) is 17.6 Å². The molecule has 0 spiro atoms. The van der Waals surface area contributed by atoms with Crippen molar-refractivity contribution in [3.63, 3.8) is 0 Å². The molecule has 2 aromatic carbocycles. The first-order valence-corrected chi connectivity index (χ1v) is 13.8. The first-order valence-electron chi connectivity index (χ1n) is 11.2. The number of anilines is 1. The number of sulfonamides is 1. The van der Waals surface area contributed by atoms with Gasteiger partial charge in [0.2, 0.25) is 21.8 Å². The Kier molecular flexibility index (Phi) is 9.70. The lowest BCUT2D eigenvalue weighted by Gasteiger charge is -2.31. The summed E-state index contributed by atoms with van der Waals surface area (Å²) in [7, 11) is -3.75. The molecule has 2 aromatic rings. The third-order valence-electron chi connectivity index (χ3n) is 5.55. The van der Waals surface area contributed by atoms with E-state index in [9.17, 15) is 18.0 Å². The second-order valence-electron chi connectivity index (χ2n) is 9.00. The van der Waals surface area contributed by atoms with Crippen molar-refractivity contribution in [2.45, 2.75) is 47.2 Å². The Hall–Kier alpha value is -2.39. The van der Waals surface area contributed by atoms with Gasteiger partial charge >= 0.3 is 0 Å². The zero-order valence-electron chi connectivity index (χ0n) is 20.6. The predicted molar refractivity (Wildman–Crippen MR) is 140 cm³/mol.